The van der Waals surface area contributed by atoms with E-state index in [1.54, 1.807) is 11.8 Å². The molecule has 0 aliphatic carbocycles. The zero-order valence-corrected chi connectivity index (χ0v) is 12.1. The van der Waals surface area contributed by atoms with Crippen LogP contribution < -0.4 is 0 Å². The zero-order valence-electron chi connectivity index (χ0n) is 9.59. The van der Waals surface area contributed by atoms with E-state index < -0.39 is 0 Å². The van der Waals surface area contributed by atoms with Gasteiger partial charge < -0.3 is 0 Å². The van der Waals surface area contributed by atoms with E-state index in [9.17, 15) is 0 Å². The van der Waals surface area contributed by atoms with Crippen molar-refractivity contribution in [2.45, 2.75) is 11.8 Å². The fourth-order valence-electron chi connectivity index (χ4n) is 1.48. The molecule has 2 heteroatoms. The summed E-state index contributed by atoms with van der Waals surface area (Å²) in [5.74, 6) is 0. The van der Waals surface area contributed by atoms with Crippen LogP contribution in [-0.2, 0) is 0 Å². The van der Waals surface area contributed by atoms with Crippen LogP contribution in [0.4, 0.5) is 0 Å². The molecular weight excluding hydrogens is 291 g/mol. The van der Waals surface area contributed by atoms with Crippen LogP contribution in [0, 0.1) is 0 Å². The third-order valence-corrected chi connectivity index (χ3v) is 4.63. The van der Waals surface area contributed by atoms with Crippen LogP contribution in [0.2, 0.25) is 0 Å². The van der Waals surface area contributed by atoms with Crippen molar-refractivity contribution in [3.63, 3.8) is 0 Å². The second-order valence-electron chi connectivity index (χ2n) is 3.69. The van der Waals surface area contributed by atoms with Crippen molar-refractivity contribution in [1.29, 1.82) is 0 Å². The van der Waals surface area contributed by atoms with Gasteiger partial charge in [0.05, 0.1) is 0 Å². The third kappa shape index (κ3) is 3.50. The van der Waals surface area contributed by atoms with Gasteiger partial charge in [-0.1, -0.05) is 0 Å². The molecule has 2 aromatic rings. The van der Waals surface area contributed by atoms with Gasteiger partial charge in [0, 0.05) is 0 Å². The first-order chi connectivity index (χ1) is 8.27. The van der Waals surface area contributed by atoms with Crippen molar-refractivity contribution in [2.24, 2.45) is 0 Å². The van der Waals surface area contributed by atoms with Crippen LogP contribution in [0.15, 0.2) is 69.4 Å². The first kappa shape index (κ1) is 12.5. The Labute approximate surface area is 115 Å². The number of thioether (sulfide) groups is 1. The summed E-state index contributed by atoms with van der Waals surface area (Å²) in [6.07, 6.45) is 0. The van der Waals surface area contributed by atoms with Gasteiger partial charge in [-0.2, -0.15) is 0 Å². The summed E-state index contributed by atoms with van der Waals surface area (Å²) in [4.78, 5) is 1.26. The van der Waals surface area contributed by atoms with Gasteiger partial charge in [0.25, 0.3) is 0 Å². The summed E-state index contributed by atoms with van der Waals surface area (Å²) in [7, 11) is 0. The second kappa shape index (κ2) is 6.11. The average Bonchev–Trinajstić information content (AvgIpc) is 2.40. The van der Waals surface area contributed by atoms with Gasteiger partial charge in [0.1, 0.15) is 0 Å². The van der Waals surface area contributed by atoms with Crippen LogP contribution in [0.3, 0.4) is 0 Å². The fraction of sp³-hybridized carbons (Fsp3) is 0.0667. The number of hydrogen-bond donors (Lipinski definition) is 0. The Hall–Kier alpha value is -0.951. The normalized spacial score (nSPS) is 12.1. The SMILES string of the molecule is CC(=C([Se])Sc1ccccc1)c1ccccc1. The molecule has 0 bridgehead atoms. The Morgan fingerprint density at radius 1 is 0.882 bits per heavy atom. The minimum atomic E-state index is 1.22. The van der Waals surface area contributed by atoms with E-state index in [1.165, 1.54) is 19.8 Å². The molecule has 0 aromatic heterocycles. The van der Waals surface area contributed by atoms with Crippen molar-refractivity contribution in [2.75, 3.05) is 0 Å². The van der Waals surface area contributed by atoms with Crippen molar-refractivity contribution in [1.82, 2.24) is 0 Å². The Balaban J connectivity index is 2.22. The van der Waals surface area contributed by atoms with E-state index in [0.29, 0.717) is 0 Å². The Bertz CT molecular complexity index is 503. The number of allylic oxidation sites excluding steroid dienone is 1. The minimum absolute atomic E-state index is 1.22. The molecule has 2 aromatic carbocycles. The molecule has 0 N–H and O–H groups in total. The maximum absolute atomic E-state index is 3.17. The van der Waals surface area contributed by atoms with Gasteiger partial charge in [-0.15, -0.1) is 0 Å². The van der Waals surface area contributed by atoms with Crippen LogP contribution in [-0.4, -0.2) is 16.0 Å². The topological polar surface area (TPSA) is 0 Å². The monoisotopic (exact) mass is 305 g/mol. The van der Waals surface area contributed by atoms with Crippen LogP contribution >= 0.6 is 11.8 Å². The second-order valence-corrected chi connectivity index (χ2v) is 6.22. The summed E-state index contributed by atoms with van der Waals surface area (Å²) in [5, 5.41) is 0. The first-order valence-corrected chi connectivity index (χ1v) is 7.11. The van der Waals surface area contributed by atoms with E-state index >= 15 is 0 Å². The van der Waals surface area contributed by atoms with Gasteiger partial charge in [-0.3, -0.25) is 0 Å². The van der Waals surface area contributed by atoms with Crippen molar-refractivity contribution in [3.05, 3.63) is 70.0 Å². The van der Waals surface area contributed by atoms with E-state index in [-0.39, 0.29) is 0 Å². The molecule has 0 aliphatic rings. The van der Waals surface area contributed by atoms with Crippen molar-refractivity contribution >= 4 is 33.3 Å². The molecule has 1 radical (unpaired) electrons. The van der Waals surface area contributed by atoms with E-state index in [0.717, 1.165) is 0 Å². The molecule has 17 heavy (non-hydrogen) atoms. The number of hydrogen-bond acceptors (Lipinski definition) is 1. The van der Waals surface area contributed by atoms with Crippen molar-refractivity contribution in [3.8, 4) is 0 Å². The molecule has 0 saturated heterocycles. The van der Waals surface area contributed by atoms with Gasteiger partial charge >= 0.3 is 115 Å². The molecule has 0 spiro atoms. The Morgan fingerprint density at radius 2 is 1.41 bits per heavy atom. The molecule has 0 heterocycles. The standard InChI is InChI=1S/C15H13SSe/c1-12(13-8-4-2-5-9-13)15(17)16-14-10-6-3-7-11-14/h2-11H,1H3. The molecule has 0 atom stereocenters. The number of benzene rings is 2. The van der Waals surface area contributed by atoms with Crippen LogP contribution in [0.25, 0.3) is 5.57 Å². The van der Waals surface area contributed by atoms with Gasteiger partial charge in [-0.25, -0.2) is 0 Å². The molecule has 0 unspecified atom stereocenters. The summed E-state index contributed by atoms with van der Waals surface area (Å²) in [5.41, 5.74) is 2.56. The van der Waals surface area contributed by atoms with Crippen LogP contribution in [0.1, 0.15) is 12.5 Å². The summed E-state index contributed by atoms with van der Waals surface area (Å²) >= 11 is 4.94. The summed E-state index contributed by atoms with van der Waals surface area (Å²) in [6, 6.07) is 20.9. The number of rotatable bonds is 3. The Morgan fingerprint density at radius 3 is 2.00 bits per heavy atom. The molecule has 2 rings (SSSR count). The summed E-state index contributed by atoms with van der Waals surface area (Å²) in [6.45, 7) is 2.15. The first-order valence-electron chi connectivity index (χ1n) is 5.43. The molecular formula is C15H13SSe. The quantitative estimate of drug-likeness (QED) is 0.600. The van der Waals surface area contributed by atoms with Gasteiger partial charge in [0.2, 0.25) is 0 Å². The molecule has 85 valence electrons. The van der Waals surface area contributed by atoms with Crippen molar-refractivity contribution < 1.29 is 0 Å². The van der Waals surface area contributed by atoms with E-state index in [2.05, 4.69) is 71.5 Å². The van der Waals surface area contributed by atoms with E-state index in [1.807, 2.05) is 12.1 Å². The molecule has 0 saturated carbocycles. The molecule has 0 nitrogen and oxygen atoms in total. The molecule has 0 amide bonds. The average molecular weight is 304 g/mol. The predicted octanol–water partition coefficient (Wildman–Crippen LogP) is 4.34. The van der Waals surface area contributed by atoms with E-state index in [4.69, 9.17) is 0 Å². The zero-order chi connectivity index (χ0) is 12.1. The predicted molar refractivity (Wildman–Crippen MR) is 77.1 cm³/mol. The molecule has 0 fully saturated rings. The fourth-order valence-corrected chi connectivity index (χ4v) is 3.11. The van der Waals surface area contributed by atoms with Crippen LogP contribution in [0.5, 0.6) is 0 Å². The molecule has 0 aliphatic heterocycles. The summed E-state index contributed by atoms with van der Waals surface area (Å²) < 4.78 is 1.22. The third-order valence-electron chi connectivity index (χ3n) is 2.47. The van der Waals surface area contributed by atoms with Gasteiger partial charge in [0.15, 0.2) is 0 Å². The Kier molecular flexibility index (Phi) is 4.49. The van der Waals surface area contributed by atoms with Gasteiger partial charge in [-0.05, 0) is 0 Å². The maximum atomic E-state index is 3.17.